The normalized spacial score (nSPS) is 10.6. The quantitative estimate of drug-likeness (QED) is 0.502. The van der Waals surface area contributed by atoms with E-state index in [1.807, 2.05) is 0 Å². The van der Waals surface area contributed by atoms with E-state index in [0.29, 0.717) is 11.8 Å². The topological polar surface area (TPSA) is 88.0 Å². The van der Waals surface area contributed by atoms with E-state index in [-0.39, 0.29) is 22.0 Å². The lowest BCUT2D eigenvalue weighted by Gasteiger charge is -2.09. The fourth-order valence-electron chi connectivity index (χ4n) is 1.58. The Hall–Kier alpha value is -2.42. The molecule has 2 aromatic rings. The number of aromatic amines is 1. The molecule has 0 aliphatic rings. The summed E-state index contributed by atoms with van der Waals surface area (Å²) in [5.41, 5.74) is -0.0704. The van der Waals surface area contributed by atoms with Gasteiger partial charge >= 0.3 is 0 Å². The van der Waals surface area contributed by atoms with Gasteiger partial charge < -0.3 is 10.3 Å². The van der Waals surface area contributed by atoms with Gasteiger partial charge in [0.05, 0.1) is 16.8 Å². The molecule has 2 rings (SSSR count). The molecule has 0 atom stereocenters. The Kier molecular flexibility index (Phi) is 4.53. The number of carbonyl (C=O) groups is 1. The summed E-state index contributed by atoms with van der Waals surface area (Å²) in [6.07, 6.45) is 1.08. The summed E-state index contributed by atoms with van der Waals surface area (Å²) in [4.78, 5) is 24.5. The molecule has 0 aliphatic carbocycles. The minimum atomic E-state index is -2.62. The number of rotatable bonds is 5. The number of hydrogen-bond acceptors (Lipinski definition) is 4. The minimum absolute atomic E-state index is 0.0291. The standard InChI is InChI=1S/C12H9F2N3O3S/c13-12(14)21-10-4-2-1-3-8(10)16-11(18)9-5-7(6-15-9)17(19)20/h1-6,12,15H,(H,16,18). The number of hydrogen-bond donors (Lipinski definition) is 2. The number of anilines is 1. The van der Waals surface area contributed by atoms with Gasteiger partial charge in [-0.15, -0.1) is 0 Å². The van der Waals surface area contributed by atoms with Gasteiger partial charge in [-0.05, 0) is 12.1 Å². The maximum atomic E-state index is 12.4. The first-order chi connectivity index (χ1) is 9.97. The number of alkyl halides is 2. The zero-order valence-corrected chi connectivity index (χ0v) is 11.2. The van der Waals surface area contributed by atoms with Crippen molar-refractivity contribution in [2.45, 2.75) is 10.7 Å². The van der Waals surface area contributed by atoms with Gasteiger partial charge in [0, 0.05) is 11.0 Å². The summed E-state index contributed by atoms with van der Waals surface area (Å²) < 4.78 is 24.8. The van der Waals surface area contributed by atoms with Gasteiger partial charge in [0.15, 0.2) is 0 Å². The first kappa shape index (κ1) is 15.0. The van der Waals surface area contributed by atoms with Crippen molar-refractivity contribution < 1.29 is 18.5 Å². The predicted molar refractivity (Wildman–Crippen MR) is 73.7 cm³/mol. The second-order valence-electron chi connectivity index (χ2n) is 3.86. The van der Waals surface area contributed by atoms with Gasteiger partial charge in [-0.2, -0.15) is 8.78 Å². The first-order valence-electron chi connectivity index (χ1n) is 5.65. The van der Waals surface area contributed by atoms with Gasteiger partial charge in [0.25, 0.3) is 17.4 Å². The average molecular weight is 313 g/mol. The van der Waals surface area contributed by atoms with E-state index in [4.69, 9.17) is 0 Å². The molecule has 0 bridgehead atoms. The number of nitro groups is 1. The molecule has 6 nitrogen and oxygen atoms in total. The van der Waals surface area contributed by atoms with E-state index in [1.165, 1.54) is 12.1 Å². The number of benzene rings is 1. The third kappa shape index (κ3) is 3.78. The molecule has 0 fully saturated rings. The van der Waals surface area contributed by atoms with Crippen molar-refractivity contribution in [1.82, 2.24) is 4.98 Å². The molecule has 0 spiro atoms. The fourth-order valence-corrected chi connectivity index (χ4v) is 2.17. The van der Waals surface area contributed by atoms with Gasteiger partial charge in [-0.3, -0.25) is 14.9 Å². The van der Waals surface area contributed by atoms with Crippen molar-refractivity contribution in [3.05, 3.63) is 52.3 Å². The van der Waals surface area contributed by atoms with Crippen LogP contribution in [-0.2, 0) is 0 Å². The van der Waals surface area contributed by atoms with E-state index in [9.17, 15) is 23.7 Å². The van der Waals surface area contributed by atoms with Crippen LogP contribution in [-0.4, -0.2) is 21.6 Å². The Morgan fingerprint density at radius 2 is 2.10 bits per heavy atom. The molecule has 0 saturated carbocycles. The van der Waals surface area contributed by atoms with Crippen LogP contribution in [0.2, 0.25) is 0 Å². The molecule has 0 radical (unpaired) electrons. The number of amides is 1. The summed E-state index contributed by atoms with van der Waals surface area (Å²) in [5, 5.41) is 13.0. The molecule has 1 amide bonds. The van der Waals surface area contributed by atoms with Crippen LogP contribution in [0.15, 0.2) is 41.4 Å². The van der Waals surface area contributed by atoms with E-state index in [1.54, 1.807) is 12.1 Å². The minimum Gasteiger partial charge on any atom is -0.351 e. The van der Waals surface area contributed by atoms with Crippen LogP contribution in [0.3, 0.4) is 0 Å². The molecule has 1 heterocycles. The summed E-state index contributed by atoms with van der Waals surface area (Å²) >= 11 is 0.306. The molecule has 21 heavy (non-hydrogen) atoms. The Labute approximate surface area is 121 Å². The summed E-state index contributed by atoms with van der Waals surface area (Å²) in [6.45, 7) is 0. The molecular weight excluding hydrogens is 304 g/mol. The van der Waals surface area contributed by atoms with Crippen molar-refractivity contribution in [1.29, 1.82) is 0 Å². The largest absolute Gasteiger partial charge is 0.351 e. The van der Waals surface area contributed by atoms with Crippen molar-refractivity contribution in [3.63, 3.8) is 0 Å². The fraction of sp³-hybridized carbons (Fsp3) is 0.0833. The van der Waals surface area contributed by atoms with Crippen LogP contribution in [0, 0.1) is 10.1 Å². The van der Waals surface area contributed by atoms with Crippen LogP contribution in [0.4, 0.5) is 20.2 Å². The number of aromatic nitrogens is 1. The second kappa shape index (κ2) is 6.35. The monoisotopic (exact) mass is 313 g/mol. The zero-order valence-electron chi connectivity index (χ0n) is 10.4. The third-order valence-corrected chi connectivity index (χ3v) is 3.26. The number of nitrogens with one attached hydrogen (secondary N) is 2. The number of nitrogens with zero attached hydrogens (tertiary/aromatic N) is 1. The van der Waals surface area contributed by atoms with Gasteiger partial charge in [0.1, 0.15) is 5.69 Å². The van der Waals surface area contributed by atoms with Crippen molar-refractivity contribution in [3.8, 4) is 0 Å². The number of para-hydroxylation sites is 1. The van der Waals surface area contributed by atoms with E-state index >= 15 is 0 Å². The Morgan fingerprint density at radius 1 is 1.38 bits per heavy atom. The van der Waals surface area contributed by atoms with Gasteiger partial charge in [-0.1, -0.05) is 23.9 Å². The molecule has 0 aliphatic heterocycles. The lowest BCUT2D eigenvalue weighted by Crippen LogP contribution is -2.12. The number of thioether (sulfide) groups is 1. The van der Waals surface area contributed by atoms with E-state index in [0.717, 1.165) is 12.3 Å². The number of H-pyrrole nitrogens is 1. The molecule has 0 unspecified atom stereocenters. The van der Waals surface area contributed by atoms with Gasteiger partial charge in [0.2, 0.25) is 0 Å². The average Bonchev–Trinajstić information content (AvgIpc) is 2.90. The highest BCUT2D eigenvalue weighted by atomic mass is 32.2. The first-order valence-corrected chi connectivity index (χ1v) is 6.53. The van der Waals surface area contributed by atoms with E-state index in [2.05, 4.69) is 10.3 Å². The molecule has 110 valence electrons. The second-order valence-corrected chi connectivity index (χ2v) is 4.89. The van der Waals surface area contributed by atoms with Crippen molar-refractivity contribution >= 4 is 29.0 Å². The molecule has 0 saturated heterocycles. The van der Waals surface area contributed by atoms with Crippen molar-refractivity contribution in [2.75, 3.05) is 5.32 Å². The summed E-state index contributed by atoms with van der Waals surface area (Å²) in [6, 6.07) is 7.14. The SMILES string of the molecule is O=C(Nc1ccccc1SC(F)F)c1cc([N+](=O)[O-])c[nH]1. The predicted octanol–water partition coefficient (Wildman–Crippen LogP) is 3.49. The van der Waals surface area contributed by atoms with Crippen LogP contribution in [0.25, 0.3) is 0 Å². The Bertz CT molecular complexity index is 675. The third-order valence-electron chi connectivity index (χ3n) is 2.47. The summed E-state index contributed by atoms with van der Waals surface area (Å²) in [5.74, 6) is -3.26. The van der Waals surface area contributed by atoms with Crippen molar-refractivity contribution in [2.24, 2.45) is 0 Å². The molecule has 2 N–H and O–H groups in total. The molecule has 1 aromatic heterocycles. The summed E-state index contributed by atoms with van der Waals surface area (Å²) in [7, 11) is 0. The maximum Gasteiger partial charge on any atom is 0.288 e. The lowest BCUT2D eigenvalue weighted by molar-refractivity contribution is -0.384. The molecular formula is C12H9F2N3O3S. The zero-order chi connectivity index (χ0) is 15.4. The van der Waals surface area contributed by atoms with Gasteiger partial charge in [-0.25, -0.2) is 0 Å². The van der Waals surface area contributed by atoms with E-state index < -0.39 is 16.6 Å². The molecule has 1 aromatic carbocycles. The highest BCUT2D eigenvalue weighted by Crippen LogP contribution is 2.31. The lowest BCUT2D eigenvalue weighted by atomic mass is 10.3. The van der Waals surface area contributed by atoms with Crippen LogP contribution >= 0.6 is 11.8 Å². The Morgan fingerprint density at radius 3 is 2.71 bits per heavy atom. The van der Waals surface area contributed by atoms with Crippen LogP contribution in [0.1, 0.15) is 10.5 Å². The smallest absolute Gasteiger partial charge is 0.288 e. The number of halogens is 2. The van der Waals surface area contributed by atoms with Crippen LogP contribution < -0.4 is 5.32 Å². The molecule has 9 heteroatoms. The Balaban J connectivity index is 2.17. The highest BCUT2D eigenvalue weighted by Gasteiger charge is 2.16. The highest BCUT2D eigenvalue weighted by molar-refractivity contribution is 7.99. The number of carbonyl (C=O) groups excluding carboxylic acids is 1. The van der Waals surface area contributed by atoms with Crippen LogP contribution in [0.5, 0.6) is 0 Å². The maximum absolute atomic E-state index is 12.4.